The number of hydrogen-bond donors (Lipinski definition) is 0. The fraction of sp³-hybridized carbons (Fsp3) is 0.300. The number of amides is 1. The normalized spacial score (nSPS) is 14.6. The number of fused-ring (bicyclic) bond motifs is 1. The van der Waals surface area contributed by atoms with Crippen LogP contribution >= 0.6 is 27.3 Å². The molecule has 2 aromatic carbocycles. The molecule has 3 aromatic rings. The Morgan fingerprint density at radius 2 is 1.96 bits per heavy atom. The predicted octanol–water partition coefficient (Wildman–Crippen LogP) is 4.09. The lowest BCUT2D eigenvalue weighted by molar-refractivity contribution is -0.133. The summed E-state index contributed by atoms with van der Waals surface area (Å²) in [5.74, 6) is 0.802. The average Bonchev–Trinajstić information content (AvgIpc) is 3.10. The number of ether oxygens (including phenoxy) is 1. The summed E-state index contributed by atoms with van der Waals surface area (Å²) in [6, 6.07) is 13.9. The molecule has 0 bridgehead atoms. The quantitative estimate of drug-likeness (QED) is 0.606. The highest BCUT2D eigenvalue weighted by molar-refractivity contribution is 9.10. The van der Waals surface area contributed by atoms with Crippen LogP contribution in [0.25, 0.3) is 10.2 Å². The van der Waals surface area contributed by atoms with Crippen molar-refractivity contribution in [3.63, 3.8) is 0 Å². The van der Waals surface area contributed by atoms with E-state index in [0.717, 1.165) is 39.5 Å². The van der Waals surface area contributed by atoms with Crippen LogP contribution in [0.15, 0.2) is 46.9 Å². The van der Waals surface area contributed by atoms with Crippen LogP contribution in [0.4, 0.5) is 5.13 Å². The van der Waals surface area contributed by atoms with Gasteiger partial charge in [-0.2, -0.15) is 0 Å². The maximum atomic E-state index is 12.5. The zero-order chi connectivity index (χ0) is 18.8. The first-order chi connectivity index (χ1) is 13.1. The van der Waals surface area contributed by atoms with Gasteiger partial charge in [0.25, 0.3) is 5.91 Å². The van der Waals surface area contributed by atoms with E-state index in [-0.39, 0.29) is 12.5 Å². The van der Waals surface area contributed by atoms with Gasteiger partial charge in [0.05, 0.1) is 10.2 Å². The molecule has 1 aromatic heterocycles. The summed E-state index contributed by atoms with van der Waals surface area (Å²) in [5, 5.41) is 1.02. The van der Waals surface area contributed by atoms with Crippen molar-refractivity contribution in [1.29, 1.82) is 0 Å². The summed E-state index contributed by atoms with van der Waals surface area (Å²) < 4.78 is 7.93. The van der Waals surface area contributed by atoms with Crippen molar-refractivity contribution in [1.82, 2.24) is 9.88 Å². The molecule has 1 aliphatic rings. The molecule has 0 unspecified atom stereocenters. The molecular weight excluding hydrogens is 426 g/mol. The van der Waals surface area contributed by atoms with E-state index in [4.69, 9.17) is 9.72 Å². The summed E-state index contributed by atoms with van der Waals surface area (Å²) in [7, 11) is 0. The molecule has 0 aliphatic carbocycles. The first-order valence-electron chi connectivity index (χ1n) is 8.87. The third-order valence-electron chi connectivity index (χ3n) is 4.69. The lowest BCUT2D eigenvalue weighted by Crippen LogP contribution is -2.50. The summed E-state index contributed by atoms with van der Waals surface area (Å²) in [6.45, 7) is 5.02. The number of nitrogens with zero attached hydrogens (tertiary/aromatic N) is 3. The molecule has 7 heteroatoms. The van der Waals surface area contributed by atoms with Gasteiger partial charge < -0.3 is 14.5 Å². The van der Waals surface area contributed by atoms with E-state index in [2.05, 4.69) is 26.9 Å². The number of rotatable bonds is 4. The van der Waals surface area contributed by atoms with Crippen molar-refractivity contribution in [2.24, 2.45) is 0 Å². The number of carbonyl (C=O) groups excluding carboxylic acids is 1. The number of halogens is 1. The maximum Gasteiger partial charge on any atom is 0.260 e. The Morgan fingerprint density at radius 1 is 1.19 bits per heavy atom. The van der Waals surface area contributed by atoms with Gasteiger partial charge in [-0.3, -0.25) is 4.79 Å². The molecule has 0 N–H and O–H groups in total. The molecule has 0 radical (unpaired) electrons. The third kappa shape index (κ3) is 4.09. The van der Waals surface area contributed by atoms with Gasteiger partial charge in [-0.25, -0.2) is 4.98 Å². The molecule has 140 valence electrons. The van der Waals surface area contributed by atoms with Gasteiger partial charge in [-0.05, 0) is 36.8 Å². The smallest absolute Gasteiger partial charge is 0.260 e. The number of aromatic nitrogens is 1. The van der Waals surface area contributed by atoms with Gasteiger partial charge in [0.2, 0.25) is 0 Å². The van der Waals surface area contributed by atoms with Crippen LogP contribution in [0.2, 0.25) is 0 Å². The number of piperazine rings is 1. The van der Waals surface area contributed by atoms with Crippen LogP contribution in [-0.2, 0) is 4.79 Å². The molecule has 0 saturated carbocycles. The van der Waals surface area contributed by atoms with Gasteiger partial charge in [0.1, 0.15) is 5.75 Å². The Kier molecular flexibility index (Phi) is 5.31. The van der Waals surface area contributed by atoms with E-state index in [1.165, 1.54) is 4.70 Å². The Bertz CT molecular complexity index is 967. The molecule has 1 fully saturated rings. The molecule has 4 rings (SSSR count). The second kappa shape index (κ2) is 7.86. The van der Waals surface area contributed by atoms with Gasteiger partial charge in [0.15, 0.2) is 11.7 Å². The molecule has 27 heavy (non-hydrogen) atoms. The number of benzene rings is 2. The van der Waals surface area contributed by atoms with E-state index in [1.54, 1.807) is 11.3 Å². The Labute approximate surface area is 170 Å². The Hall–Kier alpha value is -2.12. The van der Waals surface area contributed by atoms with Gasteiger partial charge >= 0.3 is 0 Å². The predicted molar refractivity (Wildman–Crippen MR) is 113 cm³/mol. The Balaban J connectivity index is 1.34. The van der Waals surface area contributed by atoms with Crippen LogP contribution in [0, 0.1) is 6.92 Å². The third-order valence-corrected chi connectivity index (χ3v) is 6.26. The number of thiazole rings is 1. The Morgan fingerprint density at radius 3 is 2.74 bits per heavy atom. The fourth-order valence-corrected chi connectivity index (χ4v) is 4.69. The first kappa shape index (κ1) is 18.3. The number of carbonyl (C=O) groups is 1. The number of hydrogen-bond acceptors (Lipinski definition) is 5. The fourth-order valence-electron chi connectivity index (χ4n) is 3.12. The zero-order valence-corrected chi connectivity index (χ0v) is 17.4. The van der Waals surface area contributed by atoms with Gasteiger partial charge in [-0.1, -0.05) is 45.5 Å². The largest absolute Gasteiger partial charge is 0.484 e. The topological polar surface area (TPSA) is 45.7 Å². The van der Waals surface area contributed by atoms with Crippen LogP contribution in [0.5, 0.6) is 5.75 Å². The molecule has 0 spiro atoms. The second-order valence-corrected chi connectivity index (χ2v) is 8.46. The van der Waals surface area contributed by atoms with Crippen molar-refractivity contribution in [2.75, 3.05) is 37.7 Å². The minimum atomic E-state index is 0.0335. The van der Waals surface area contributed by atoms with E-state index in [0.29, 0.717) is 13.1 Å². The highest BCUT2D eigenvalue weighted by Gasteiger charge is 2.23. The first-order valence-corrected chi connectivity index (χ1v) is 10.5. The van der Waals surface area contributed by atoms with Crippen LogP contribution in [0.3, 0.4) is 0 Å². The van der Waals surface area contributed by atoms with Crippen molar-refractivity contribution < 1.29 is 9.53 Å². The highest BCUT2D eigenvalue weighted by atomic mass is 79.9. The number of anilines is 1. The zero-order valence-electron chi connectivity index (χ0n) is 15.0. The van der Waals surface area contributed by atoms with Crippen molar-refractivity contribution in [3.8, 4) is 5.75 Å². The standard InChI is InChI=1S/C20H20BrN3O2S/c1-14-4-2-3-5-17(14)26-13-19(25)23-8-10-24(11-9-23)20-22-16-7-6-15(21)12-18(16)27-20/h2-7,12H,8-11,13H2,1H3. The van der Waals surface area contributed by atoms with E-state index >= 15 is 0 Å². The lowest BCUT2D eigenvalue weighted by atomic mass is 10.2. The van der Waals surface area contributed by atoms with E-state index in [9.17, 15) is 4.79 Å². The van der Waals surface area contributed by atoms with Crippen LogP contribution in [0.1, 0.15) is 5.56 Å². The SMILES string of the molecule is Cc1ccccc1OCC(=O)N1CCN(c2nc3ccc(Br)cc3s2)CC1. The van der Waals surface area contributed by atoms with Crippen LogP contribution < -0.4 is 9.64 Å². The van der Waals surface area contributed by atoms with Crippen molar-refractivity contribution in [3.05, 3.63) is 52.5 Å². The summed E-state index contributed by atoms with van der Waals surface area (Å²) in [5.41, 5.74) is 2.06. The van der Waals surface area contributed by atoms with Gasteiger partial charge in [0, 0.05) is 30.7 Å². The van der Waals surface area contributed by atoms with Crippen molar-refractivity contribution in [2.45, 2.75) is 6.92 Å². The minimum absolute atomic E-state index is 0.0335. The molecule has 2 heterocycles. The number of aryl methyl sites for hydroxylation is 1. The summed E-state index contributed by atoms with van der Waals surface area (Å²) in [4.78, 5) is 21.3. The van der Waals surface area contributed by atoms with Crippen LogP contribution in [-0.4, -0.2) is 48.6 Å². The molecule has 0 atom stereocenters. The monoisotopic (exact) mass is 445 g/mol. The maximum absolute atomic E-state index is 12.5. The molecular formula is C20H20BrN3O2S. The molecule has 1 saturated heterocycles. The van der Waals surface area contributed by atoms with Crippen molar-refractivity contribution >= 4 is 48.5 Å². The number of para-hydroxylation sites is 1. The van der Waals surface area contributed by atoms with E-state index in [1.807, 2.05) is 48.2 Å². The summed E-state index contributed by atoms with van der Waals surface area (Å²) in [6.07, 6.45) is 0. The second-order valence-electron chi connectivity index (χ2n) is 6.53. The summed E-state index contributed by atoms with van der Waals surface area (Å²) >= 11 is 5.20. The highest BCUT2D eigenvalue weighted by Crippen LogP contribution is 2.31. The van der Waals surface area contributed by atoms with Gasteiger partial charge in [-0.15, -0.1) is 0 Å². The van der Waals surface area contributed by atoms with E-state index < -0.39 is 0 Å². The lowest BCUT2D eigenvalue weighted by Gasteiger charge is -2.34. The average molecular weight is 446 g/mol. The molecule has 1 aliphatic heterocycles. The molecule has 1 amide bonds. The minimum Gasteiger partial charge on any atom is -0.484 e. The molecule has 5 nitrogen and oxygen atoms in total.